The Morgan fingerprint density at radius 3 is 3.03 bits per heavy atom. The van der Waals surface area contributed by atoms with E-state index in [0.29, 0.717) is 31.3 Å². The number of pyridine rings is 2. The van der Waals surface area contributed by atoms with Crippen LogP contribution >= 0.6 is 0 Å². The summed E-state index contributed by atoms with van der Waals surface area (Å²) in [7, 11) is 0. The highest BCUT2D eigenvalue weighted by Gasteiger charge is 2.43. The molecule has 6 rings (SSSR count). The zero-order chi connectivity index (χ0) is 24.7. The number of fused-ring (bicyclic) bond motifs is 2. The maximum Gasteiger partial charge on any atom is 0.223 e. The lowest BCUT2D eigenvalue weighted by molar-refractivity contribution is -0.128. The zero-order valence-corrected chi connectivity index (χ0v) is 20.7. The molecule has 3 aromatic rings. The Bertz CT molecular complexity index is 1250. The van der Waals surface area contributed by atoms with Crippen LogP contribution in [0.3, 0.4) is 0 Å². The zero-order valence-electron chi connectivity index (χ0n) is 20.7. The number of rotatable bonds is 5. The predicted octanol–water partition coefficient (Wildman–Crippen LogP) is 2.56. The van der Waals surface area contributed by atoms with E-state index in [1.807, 2.05) is 25.3 Å². The van der Waals surface area contributed by atoms with E-state index in [4.69, 9.17) is 0 Å². The van der Waals surface area contributed by atoms with E-state index in [1.54, 1.807) is 17.1 Å². The van der Waals surface area contributed by atoms with Gasteiger partial charge < -0.3 is 10.4 Å². The smallest absolute Gasteiger partial charge is 0.223 e. The highest BCUT2D eigenvalue weighted by molar-refractivity contribution is 5.79. The first-order valence-electron chi connectivity index (χ1n) is 13.2. The second-order valence-electron chi connectivity index (χ2n) is 11.0. The molecule has 3 aliphatic rings. The van der Waals surface area contributed by atoms with E-state index in [-0.39, 0.29) is 23.9 Å². The van der Waals surface area contributed by atoms with Crippen LogP contribution in [0.1, 0.15) is 62.2 Å². The molecule has 4 N–H and O–H groups in total. The molecule has 0 bridgehead atoms. The van der Waals surface area contributed by atoms with E-state index >= 15 is 0 Å². The number of carbonyl (C=O) groups is 1. The SMILES string of the molecule is Cc1cc(C2NNC3CCC(C(=O)N[C@@H]4CCC[C@@](O)(Cn5ncc6cccnc65)C4)CC32)ccn1. The molecular formula is C27H35N7O2. The van der Waals surface area contributed by atoms with Crippen LogP contribution in [0, 0.1) is 18.8 Å². The summed E-state index contributed by atoms with van der Waals surface area (Å²) in [6.07, 6.45) is 11.1. The minimum Gasteiger partial charge on any atom is -0.388 e. The van der Waals surface area contributed by atoms with Gasteiger partial charge in [0.05, 0.1) is 24.4 Å². The Morgan fingerprint density at radius 2 is 2.14 bits per heavy atom. The maximum atomic E-state index is 13.4. The average Bonchev–Trinajstić information content (AvgIpc) is 3.48. The van der Waals surface area contributed by atoms with Crippen molar-refractivity contribution in [2.24, 2.45) is 11.8 Å². The first kappa shape index (κ1) is 23.5. The van der Waals surface area contributed by atoms with Gasteiger partial charge in [-0.05, 0) is 87.6 Å². The van der Waals surface area contributed by atoms with E-state index in [0.717, 1.165) is 48.8 Å². The molecular weight excluding hydrogens is 454 g/mol. The minimum absolute atomic E-state index is 0.00679. The molecule has 0 radical (unpaired) electrons. The third-order valence-corrected chi connectivity index (χ3v) is 8.41. The first-order chi connectivity index (χ1) is 17.5. The van der Waals surface area contributed by atoms with Crippen molar-refractivity contribution in [2.45, 2.75) is 82.1 Å². The van der Waals surface area contributed by atoms with E-state index in [2.05, 4.69) is 43.4 Å². The molecule has 0 spiro atoms. The highest BCUT2D eigenvalue weighted by Crippen LogP contribution is 2.41. The third kappa shape index (κ3) is 4.63. The van der Waals surface area contributed by atoms with Crippen LogP contribution in [-0.4, -0.2) is 48.4 Å². The molecule has 9 heteroatoms. The predicted molar refractivity (Wildman–Crippen MR) is 135 cm³/mol. The average molecular weight is 490 g/mol. The Balaban J connectivity index is 1.09. The minimum atomic E-state index is -0.909. The molecule has 1 aliphatic heterocycles. The molecule has 4 heterocycles. The van der Waals surface area contributed by atoms with Crippen LogP contribution in [0.15, 0.2) is 42.9 Å². The van der Waals surface area contributed by atoms with Gasteiger partial charge in [0.2, 0.25) is 5.91 Å². The normalized spacial score (nSPS) is 32.3. The van der Waals surface area contributed by atoms with Crippen molar-refractivity contribution in [1.29, 1.82) is 0 Å². The molecule has 9 nitrogen and oxygen atoms in total. The number of aliphatic hydroxyl groups is 1. The van der Waals surface area contributed by atoms with Crippen LogP contribution in [-0.2, 0) is 11.3 Å². The molecule has 2 aliphatic carbocycles. The summed E-state index contributed by atoms with van der Waals surface area (Å²) in [5.74, 6) is 0.485. The summed E-state index contributed by atoms with van der Waals surface area (Å²) < 4.78 is 1.79. The largest absolute Gasteiger partial charge is 0.388 e. The standard InChI is InChI=1S/C27H35N7O2/c1-17-12-18(8-11-28-17)24-22-13-19(6-7-23(22)32-33-24)26(35)31-21-5-2-9-27(36,14-21)16-34-25-20(15-30-34)4-3-10-29-25/h3-4,8,10-12,15,19,21-24,32-33,36H,2,5-7,9,13-14,16H2,1H3,(H,31,35)/t19?,21-,22?,23?,24?,27+/m1/s1. The van der Waals surface area contributed by atoms with E-state index in [9.17, 15) is 9.90 Å². The molecule has 2 saturated carbocycles. The van der Waals surface area contributed by atoms with Crippen molar-refractivity contribution in [3.63, 3.8) is 0 Å². The molecule has 3 fully saturated rings. The lowest BCUT2D eigenvalue weighted by Crippen LogP contribution is -2.50. The van der Waals surface area contributed by atoms with Gasteiger partial charge in [-0.25, -0.2) is 15.1 Å². The Morgan fingerprint density at radius 1 is 1.22 bits per heavy atom. The summed E-state index contributed by atoms with van der Waals surface area (Å²) in [4.78, 5) is 22.1. The Hall–Kier alpha value is -2.88. The lowest BCUT2D eigenvalue weighted by atomic mass is 9.74. The Kier molecular flexibility index (Phi) is 6.23. The number of carbonyl (C=O) groups excluding carboxylic acids is 1. The maximum absolute atomic E-state index is 13.4. The molecule has 3 aromatic heterocycles. The van der Waals surface area contributed by atoms with Gasteiger partial charge in [-0.3, -0.25) is 15.2 Å². The summed E-state index contributed by atoms with van der Waals surface area (Å²) in [5, 5.41) is 20.2. The lowest BCUT2D eigenvalue weighted by Gasteiger charge is -2.38. The topological polar surface area (TPSA) is 117 Å². The molecule has 0 aromatic carbocycles. The van der Waals surface area contributed by atoms with Crippen LogP contribution in [0.5, 0.6) is 0 Å². The molecule has 4 unspecified atom stereocenters. The quantitative estimate of drug-likeness (QED) is 0.435. The van der Waals surface area contributed by atoms with Crippen molar-refractivity contribution in [1.82, 2.24) is 35.9 Å². The Labute approximate surface area is 211 Å². The van der Waals surface area contributed by atoms with Crippen molar-refractivity contribution in [3.05, 3.63) is 54.1 Å². The summed E-state index contributed by atoms with van der Waals surface area (Å²) >= 11 is 0. The molecule has 36 heavy (non-hydrogen) atoms. The fourth-order valence-corrected chi connectivity index (χ4v) is 6.62. The van der Waals surface area contributed by atoms with E-state index < -0.39 is 5.60 Å². The third-order valence-electron chi connectivity index (χ3n) is 8.41. The number of amides is 1. The number of aromatic nitrogens is 4. The van der Waals surface area contributed by atoms with Gasteiger partial charge >= 0.3 is 0 Å². The molecule has 1 saturated heterocycles. The first-order valence-corrected chi connectivity index (χ1v) is 13.2. The number of hydrogen-bond donors (Lipinski definition) is 4. The van der Waals surface area contributed by atoms with Crippen LogP contribution in [0.2, 0.25) is 0 Å². The van der Waals surface area contributed by atoms with Gasteiger partial charge in [-0.1, -0.05) is 0 Å². The van der Waals surface area contributed by atoms with Crippen molar-refractivity contribution >= 4 is 16.9 Å². The number of hydrogen-bond acceptors (Lipinski definition) is 7. The van der Waals surface area contributed by atoms with E-state index in [1.165, 1.54) is 5.56 Å². The van der Waals surface area contributed by atoms with Gasteiger partial charge in [0.15, 0.2) is 5.65 Å². The van der Waals surface area contributed by atoms with Crippen molar-refractivity contribution < 1.29 is 9.90 Å². The highest BCUT2D eigenvalue weighted by atomic mass is 16.3. The van der Waals surface area contributed by atoms with Crippen LogP contribution in [0.4, 0.5) is 0 Å². The summed E-state index contributed by atoms with van der Waals surface area (Å²) in [5.41, 5.74) is 9.04. The molecule has 190 valence electrons. The summed E-state index contributed by atoms with van der Waals surface area (Å²) in [6, 6.07) is 8.61. The van der Waals surface area contributed by atoms with Gasteiger partial charge in [0.25, 0.3) is 0 Å². The monoisotopic (exact) mass is 489 g/mol. The summed E-state index contributed by atoms with van der Waals surface area (Å²) in [6.45, 7) is 2.40. The second kappa shape index (κ2) is 9.53. The van der Waals surface area contributed by atoms with Gasteiger partial charge in [0.1, 0.15) is 0 Å². The van der Waals surface area contributed by atoms with Gasteiger partial charge in [0, 0.05) is 41.5 Å². The number of nitrogens with one attached hydrogen (secondary N) is 3. The second-order valence-corrected chi connectivity index (χ2v) is 11.0. The van der Waals surface area contributed by atoms with Gasteiger partial charge in [-0.2, -0.15) is 5.10 Å². The van der Waals surface area contributed by atoms with Crippen molar-refractivity contribution in [3.8, 4) is 0 Å². The number of hydrazine groups is 1. The molecule has 6 atom stereocenters. The van der Waals surface area contributed by atoms with Gasteiger partial charge in [-0.15, -0.1) is 0 Å². The molecule has 1 amide bonds. The number of nitrogens with zero attached hydrogens (tertiary/aromatic N) is 4. The fraction of sp³-hybridized carbons (Fsp3) is 0.556. The van der Waals surface area contributed by atoms with Crippen molar-refractivity contribution in [2.75, 3.05) is 0 Å². The van der Waals surface area contributed by atoms with Crippen LogP contribution < -0.4 is 16.2 Å². The van der Waals surface area contributed by atoms with Crippen LogP contribution in [0.25, 0.3) is 11.0 Å². The number of aryl methyl sites for hydroxylation is 1. The fourth-order valence-electron chi connectivity index (χ4n) is 6.62.